The van der Waals surface area contributed by atoms with Crippen molar-refractivity contribution in [2.24, 2.45) is 13.0 Å². The molecule has 1 aliphatic carbocycles. The number of thiazole rings is 1. The average molecular weight is 401 g/mol. The van der Waals surface area contributed by atoms with Gasteiger partial charge in [-0.05, 0) is 43.0 Å². The van der Waals surface area contributed by atoms with E-state index < -0.39 is 5.69 Å². The number of rotatable bonds is 5. The summed E-state index contributed by atoms with van der Waals surface area (Å²) in [4.78, 5) is 30.4. The molecule has 1 saturated carbocycles. The molecular weight excluding hydrogens is 376 g/mol. The lowest BCUT2D eigenvalue weighted by Crippen LogP contribution is -2.37. The number of fused-ring (bicyclic) bond motifs is 1. The van der Waals surface area contributed by atoms with Crippen molar-refractivity contribution >= 4 is 26.8 Å². The zero-order chi connectivity index (χ0) is 19.7. The van der Waals surface area contributed by atoms with Crippen LogP contribution in [0.4, 0.5) is 5.13 Å². The first-order valence-corrected chi connectivity index (χ1v) is 10.4. The topological polar surface area (TPSA) is 78.2 Å². The first kappa shape index (κ1) is 18.7. The Bertz CT molecular complexity index is 1090. The van der Waals surface area contributed by atoms with E-state index in [0.29, 0.717) is 32.8 Å². The summed E-state index contributed by atoms with van der Waals surface area (Å²) in [6.07, 6.45) is 6.37. The molecule has 0 atom stereocenters. The highest BCUT2D eigenvalue weighted by atomic mass is 32.1. The van der Waals surface area contributed by atoms with Crippen LogP contribution in [0.15, 0.2) is 33.9 Å². The fraction of sp³-hybridized carbons (Fsp3) is 0.450. The predicted octanol–water partition coefficient (Wildman–Crippen LogP) is 3.15. The van der Waals surface area contributed by atoms with Crippen LogP contribution >= 0.6 is 11.3 Å². The summed E-state index contributed by atoms with van der Waals surface area (Å²) in [5.74, 6) is 1.32. The van der Waals surface area contributed by atoms with E-state index in [0.717, 1.165) is 6.54 Å². The van der Waals surface area contributed by atoms with Gasteiger partial charge in [0.25, 0.3) is 5.56 Å². The van der Waals surface area contributed by atoms with Gasteiger partial charge in [0.1, 0.15) is 10.4 Å². The summed E-state index contributed by atoms with van der Waals surface area (Å²) in [6, 6.07) is 6.87. The molecule has 8 heteroatoms. The molecule has 28 heavy (non-hydrogen) atoms. The second-order valence-electron chi connectivity index (χ2n) is 7.24. The van der Waals surface area contributed by atoms with E-state index in [1.165, 1.54) is 52.6 Å². The van der Waals surface area contributed by atoms with Crippen LogP contribution in [0.1, 0.15) is 32.1 Å². The first-order valence-electron chi connectivity index (χ1n) is 9.59. The number of methoxy groups -OCH3 is 1. The minimum Gasteiger partial charge on any atom is -0.497 e. The van der Waals surface area contributed by atoms with Crippen molar-refractivity contribution in [3.63, 3.8) is 0 Å². The number of benzene rings is 1. The highest BCUT2D eigenvalue weighted by molar-refractivity contribution is 7.22. The third-order valence-electron chi connectivity index (χ3n) is 5.40. The fourth-order valence-corrected chi connectivity index (χ4v) is 4.70. The molecule has 1 N–H and O–H groups in total. The maximum Gasteiger partial charge on any atom is 0.337 e. The lowest BCUT2D eigenvalue weighted by molar-refractivity contribution is 0.373. The summed E-state index contributed by atoms with van der Waals surface area (Å²) < 4.78 is 8.25. The number of hydrogen-bond acceptors (Lipinski definition) is 6. The molecule has 1 fully saturated rings. The largest absolute Gasteiger partial charge is 0.497 e. The number of nitrogens with zero attached hydrogens (tertiary/aromatic N) is 3. The van der Waals surface area contributed by atoms with Crippen LogP contribution in [0.2, 0.25) is 0 Å². The van der Waals surface area contributed by atoms with Crippen LogP contribution in [0.25, 0.3) is 16.0 Å². The minimum absolute atomic E-state index is 0.341. The Balaban J connectivity index is 1.70. The van der Waals surface area contributed by atoms with Crippen LogP contribution < -0.4 is 21.3 Å². The van der Waals surface area contributed by atoms with Crippen molar-refractivity contribution in [2.75, 3.05) is 19.0 Å². The quantitative estimate of drug-likeness (QED) is 0.712. The summed E-state index contributed by atoms with van der Waals surface area (Å²) in [5.41, 5.74) is 0.188. The van der Waals surface area contributed by atoms with Crippen molar-refractivity contribution in [1.82, 2.24) is 14.1 Å². The minimum atomic E-state index is -0.410. The SMILES string of the molecule is COc1ccc(-n2c(=O)c3sc(NCC4CCCCC4)nc3n(C)c2=O)cc1. The Morgan fingerprint density at radius 2 is 1.89 bits per heavy atom. The lowest BCUT2D eigenvalue weighted by atomic mass is 9.89. The number of anilines is 1. The second kappa shape index (κ2) is 7.79. The zero-order valence-corrected chi connectivity index (χ0v) is 16.9. The van der Waals surface area contributed by atoms with Crippen molar-refractivity contribution in [2.45, 2.75) is 32.1 Å². The van der Waals surface area contributed by atoms with E-state index in [1.54, 1.807) is 38.4 Å². The molecule has 0 bridgehead atoms. The fourth-order valence-electron chi connectivity index (χ4n) is 3.77. The van der Waals surface area contributed by atoms with Crippen LogP contribution in [0.3, 0.4) is 0 Å². The maximum atomic E-state index is 13.0. The van der Waals surface area contributed by atoms with E-state index in [2.05, 4.69) is 10.3 Å². The van der Waals surface area contributed by atoms with Gasteiger partial charge in [-0.25, -0.2) is 14.3 Å². The molecule has 0 radical (unpaired) electrons. The second-order valence-corrected chi connectivity index (χ2v) is 8.24. The number of hydrogen-bond donors (Lipinski definition) is 1. The number of aryl methyl sites for hydroxylation is 1. The summed E-state index contributed by atoms with van der Waals surface area (Å²) in [5, 5.41) is 4.07. The van der Waals surface area contributed by atoms with Crippen LogP contribution in [-0.4, -0.2) is 27.8 Å². The molecule has 0 amide bonds. The smallest absolute Gasteiger partial charge is 0.337 e. The van der Waals surface area contributed by atoms with Gasteiger partial charge in [0, 0.05) is 13.6 Å². The van der Waals surface area contributed by atoms with Crippen LogP contribution in [-0.2, 0) is 7.05 Å². The van der Waals surface area contributed by atoms with Gasteiger partial charge in [-0.1, -0.05) is 30.6 Å². The standard InChI is InChI=1S/C20H24N4O3S/c1-23-17-16(28-19(22-17)21-12-13-6-4-3-5-7-13)18(25)24(20(23)26)14-8-10-15(27-2)11-9-14/h8-11,13H,3-7,12H2,1-2H3,(H,21,22). The van der Waals surface area contributed by atoms with Crippen molar-refractivity contribution in [3.05, 3.63) is 45.1 Å². The molecule has 7 nitrogen and oxygen atoms in total. The molecule has 4 rings (SSSR count). The summed E-state index contributed by atoms with van der Waals surface area (Å²) in [7, 11) is 3.22. The van der Waals surface area contributed by atoms with Gasteiger partial charge in [-0.3, -0.25) is 9.36 Å². The Labute approximate surface area is 166 Å². The van der Waals surface area contributed by atoms with Crippen molar-refractivity contribution in [1.29, 1.82) is 0 Å². The Hall–Kier alpha value is -2.61. The van der Waals surface area contributed by atoms with E-state index in [1.807, 2.05) is 0 Å². The first-order chi connectivity index (χ1) is 13.6. The summed E-state index contributed by atoms with van der Waals surface area (Å²) in [6.45, 7) is 0.862. The molecule has 148 valence electrons. The van der Waals surface area contributed by atoms with E-state index in [-0.39, 0.29) is 5.56 Å². The Morgan fingerprint density at radius 3 is 2.57 bits per heavy atom. The molecule has 0 aliphatic heterocycles. The third kappa shape index (κ3) is 3.44. The predicted molar refractivity (Wildman–Crippen MR) is 112 cm³/mol. The summed E-state index contributed by atoms with van der Waals surface area (Å²) >= 11 is 1.31. The normalized spacial score (nSPS) is 15.1. The van der Waals surface area contributed by atoms with Gasteiger partial charge >= 0.3 is 5.69 Å². The van der Waals surface area contributed by atoms with Crippen LogP contribution in [0.5, 0.6) is 5.75 Å². The average Bonchev–Trinajstić information content (AvgIpc) is 3.17. The third-order valence-corrected chi connectivity index (χ3v) is 6.39. The lowest BCUT2D eigenvalue weighted by Gasteiger charge is -2.21. The molecule has 0 saturated heterocycles. The number of aromatic nitrogens is 3. The molecule has 1 aromatic carbocycles. The molecule has 0 unspecified atom stereocenters. The highest BCUT2D eigenvalue weighted by Crippen LogP contribution is 2.26. The van der Waals surface area contributed by atoms with E-state index in [9.17, 15) is 9.59 Å². The zero-order valence-electron chi connectivity index (χ0n) is 16.1. The number of ether oxygens (including phenoxy) is 1. The van der Waals surface area contributed by atoms with E-state index in [4.69, 9.17) is 4.74 Å². The van der Waals surface area contributed by atoms with Gasteiger partial charge in [0.05, 0.1) is 12.8 Å². The van der Waals surface area contributed by atoms with Crippen molar-refractivity contribution in [3.8, 4) is 11.4 Å². The molecule has 2 heterocycles. The number of nitrogens with one attached hydrogen (secondary N) is 1. The molecular formula is C20H24N4O3S. The Morgan fingerprint density at radius 1 is 1.18 bits per heavy atom. The highest BCUT2D eigenvalue weighted by Gasteiger charge is 2.18. The molecule has 0 spiro atoms. The van der Waals surface area contributed by atoms with Gasteiger partial charge in [0.2, 0.25) is 0 Å². The van der Waals surface area contributed by atoms with Gasteiger partial charge < -0.3 is 10.1 Å². The Kier molecular flexibility index (Phi) is 5.21. The maximum absolute atomic E-state index is 13.0. The monoisotopic (exact) mass is 400 g/mol. The van der Waals surface area contributed by atoms with Gasteiger partial charge in [0.15, 0.2) is 10.8 Å². The molecule has 1 aliphatic rings. The van der Waals surface area contributed by atoms with E-state index >= 15 is 0 Å². The van der Waals surface area contributed by atoms with Crippen LogP contribution in [0, 0.1) is 5.92 Å². The van der Waals surface area contributed by atoms with Gasteiger partial charge in [-0.2, -0.15) is 0 Å². The van der Waals surface area contributed by atoms with Gasteiger partial charge in [-0.15, -0.1) is 0 Å². The molecule has 2 aromatic heterocycles. The molecule has 3 aromatic rings. The van der Waals surface area contributed by atoms with Crippen molar-refractivity contribution < 1.29 is 4.74 Å².